The van der Waals surface area contributed by atoms with Gasteiger partial charge >= 0.3 is 0 Å². The molecule has 25 heavy (non-hydrogen) atoms. The summed E-state index contributed by atoms with van der Waals surface area (Å²) in [5.41, 5.74) is 0.629. The minimum absolute atomic E-state index is 0.176. The zero-order chi connectivity index (χ0) is 18.4. The van der Waals surface area contributed by atoms with Crippen molar-refractivity contribution < 1.29 is 14.3 Å². The van der Waals surface area contributed by atoms with Gasteiger partial charge in [-0.05, 0) is 64.1 Å². The number of aromatic nitrogens is 1. The molecular weight excluding hydrogens is 318 g/mol. The molecule has 2 amide bonds. The summed E-state index contributed by atoms with van der Waals surface area (Å²) in [7, 11) is 0. The Morgan fingerprint density at radius 1 is 1.00 bits per heavy atom. The number of pyridine rings is 1. The normalized spacial score (nSPS) is 10.9. The first-order valence-corrected chi connectivity index (χ1v) is 8.12. The van der Waals surface area contributed by atoms with E-state index in [1.807, 2.05) is 27.7 Å². The molecule has 0 atom stereocenters. The Kier molecular flexibility index (Phi) is 5.75. The number of anilines is 1. The number of hydrogen-bond acceptors (Lipinski definition) is 4. The zero-order valence-corrected chi connectivity index (χ0v) is 14.9. The van der Waals surface area contributed by atoms with E-state index in [0.717, 1.165) is 5.75 Å². The molecular formula is C19H23N3O3. The minimum atomic E-state index is -0.380. The summed E-state index contributed by atoms with van der Waals surface area (Å²) in [6.07, 6.45) is 0. The molecule has 132 valence electrons. The number of rotatable bonds is 5. The minimum Gasteiger partial charge on any atom is -0.494 e. The molecule has 0 aliphatic rings. The number of carbonyl (C=O) groups excluding carboxylic acids is 2. The lowest BCUT2D eigenvalue weighted by Crippen LogP contribution is -2.41. The Morgan fingerprint density at radius 2 is 1.60 bits per heavy atom. The smallest absolute Gasteiger partial charge is 0.274 e. The van der Waals surface area contributed by atoms with Gasteiger partial charge in [-0.15, -0.1) is 0 Å². The first kappa shape index (κ1) is 18.4. The van der Waals surface area contributed by atoms with E-state index in [1.54, 1.807) is 42.5 Å². The fourth-order valence-corrected chi connectivity index (χ4v) is 2.09. The topological polar surface area (TPSA) is 80.3 Å². The van der Waals surface area contributed by atoms with Crippen LogP contribution in [0.25, 0.3) is 0 Å². The summed E-state index contributed by atoms with van der Waals surface area (Å²) in [4.78, 5) is 28.7. The zero-order valence-electron chi connectivity index (χ0n) is 14.9. The standard InChI is InChI=1S/C19H23N3O3/c1-5-25-14-11-9-13(10-12-14)20-17(23)15-7-6-8-16(21-15)18(24)22-19(2,3)4/h6-12H,5H2,1-4H3,(H,20,23)(H,22,24). The van der Waals surface area contributed by atoms with Crippen LogP contribution in [-0.4, -0.2) is 28.9 Å². The van der Waals surface area contributed by atoms with Gasteiger partial charge in [-0.1, -0.05) is 6.07 Å². The van der Waals surface area contributed by atoms with E-state index in [-0.39, 0.29) is 28.7 Å². The molecule has 1 aromatic heterocycles. The van der Waals surface area contributed by atoms with Crippen LogP contribution in [-0.2, 0) is 0 Å². The number of carbonyl (C=O) groups is 2. The summed E-state index contributed by atoms with van der Waals surface area (Å²) in [5, 5.41) is 5.58. The van der Waals surface area contributed by atoms with E-state index < -0.39 is 0 Å². The molecule has 0 spiro atoms. The number of amides is 2. The quantitative estimate of drug-likeness (QED) is 0.875. The highest BCUT2D eigenvalue weighted by Gasteiger charge is 2.17. The lowest BCUT2D eigenvalue weighted by Gasteiger charge is -2.20. The predicted molar refractivity (Wildman–Crippen MR) is 97.0 cm³/mol. The van der Waals surface area contributed by atoms with Crippen molar-refractivity contribution in [1.82, 2.24) is 10.3 Å². The maximum Gasteiger partial charge on any atom is 0.274 e. The summed E-state index contributed by atoms with van der Waals surface area (Å²) < 4.78 is 5.36. The molecule has 0 saturated heterocycles. The van der Waals surface area contributed by atoms with Gasteiger partial charge in [-0.3, -0.25) is 9.59 Å². The number of ether oxygens (including phenoxy) is 1. The van der Waals surface area contributed by atoms with Gasteiger partial charge in [0.15, 0.2) is 0 Å². The second-order valence-electron chi connectivity index (χ2n) is 6.52. The summed E-state index contributed by atoms with van der Waals surface area (Å²) in [5.74, 6) is 0.0391. The van der Waals surface area contributed by atoms with Crippen LogP contribution in [0, 0.1) is 0 Å². The second-order valence-corrected chi connectivity index (χ2v) is 6.52. The largest absolute Gasteiger partial charge is 0.494 e. The molecule has 0 aliphatic heterocycles. The molecule has 1 heterocycles. The van der Waals surface area contributed by atoms with Crippen LogP contribution in [0.5, 0.6) is 5.75 Å². The number of nitrogens with zero attached hydrogens (tertiary/aromatic N) is 1. The predicted octanol–water partition coefficient (Wildman–Crippen LogP) is 3.26. The van der Waals surface area contributed by atoms with Crippen molar-refractivity contribution in [1.29, 1.82) is 0 Å². The monoisotopic (exact) mass is 341 g/mol. The summed E-state index contributed by atoms with van der Waals surface area (Å²) in [6, 6.07) is 11.8. The van der Waals surface area contributed by atoms with E-state index >= 15 is 0 Å². The lowest BCUT2D eigenvalue weighted by atomic mass is 10.1. The van der Waals surface area contributed by atoms with Crippen molar-refractivity contribution in [3.8, 4) is 5.75 Å². The van der Waals surface area contributed by atoms with E-state index in [2.05, 4.69) is 15.6 Å². The first-order chi connectivity index (χ1) is 11.8. The third-order valence-electron chi connectivity index (χ3n) is 3.13. The van der Waals surface area contributed by atoms with E-state index in [9.17, 15) is 9.59 Å². The van der Waals surface area contributed by atoms with Crippen molar-refractivity contribution in [3.05, 3.63) is 53.9 Å². The second kappa shape index (κ2) is 7.79. The van der Waals surface area contributed by atoms with Crippen LogP contribution < -0.4 is 15.4 Å². The van der Waals surface area contributed by atoms with Gasteiger partial charge in [-0.2, -0.15) is 0 Å². The van der Waals surface area contributed by atoms with Crippen LogP contribution in [0.15, 0.2) is 42.5 Å². The number of hydrogen-bond donors (Lipinski definition) is 2. The molecule has 0 bridgehead atoms. The van der Waals surface area contributed by atoms with Gasteiger partial charge in [0.2, 0.25) is 0 Å². The molecule has 0 unspecified atom stereocenters. The average Bonchev–Trinajstić information content (AvgIpc) is 2.55. The third-order valence-corrected chi connectivity index (χ3v) is 3.13. The molecule has 0 aliphatic carbocycles. The maximum absolute atomic E-state index is 12.3. The van der Waals surface area contributed by atoms with Crippen molar-refractivity contribution in [2.24, 2.45) is 0 Å². The molecule has 6 nitrogen and oxygen atoms in total. The Labute approximate surface area is 147 Å². The third kappa shape index (κ3) is 5.60. The van der Waals surface area contributed by atoms with Gasteiger partial charge in [-0.25, -0.2) is 4.98 Å². The van der Waals surface area contributed by atoms with E-state index in [0.29, 0.717) is 12.3 Å². The number of benzene rings is 1. The van der Waals surface area contributed by atoms with E-state index in [1.165, 1.54) is 0 Å². The Morgan fingerprint density at radius 3 is 2.16 bits per heavy atom. The van der Waals surface area contributed by atoms with Crippen molar-refractivity contribution in [2.45, 2.75) is 33.2 Å². The first-order valence-electron chi connectivity index (χ1n) is 8.12. The highest BCUT2D eigenvalue weighted by Crippen LogP contribution is 2.16. The van der Waals surface area contributed by atoms with Crippen LogP contribution in [0.3, 0.4) is 0 Å². The van der Waals surface area contributed by atoms with Gasteiger partial charge in [0, 0.05) is 11.2 Å². The van der Waals surface area contributed by atoms with Gasteiger partial charge in [0.25, 0.3) is 11.8 Å². The Hall–Kier alpha value is -2.89. The Bertz CT molecular complexity index is 749. The molecule has 6 heteroatoms. The fourth-order valence-electron chi connectivity index (χ4n) is 2.09. The molecule has 2 N–H and O–H groups in total. The van der Waals surface area contributed by atoms with Crippen LogP contribution >= 0.6 is 0 Å². The van der Waals surface area contributed by atoms with Crippen molar-refractivity contribution >= 4 is 17.5 Å². The van der Waals surface area contributed by atoms with E-state index in [4.69, 9.17) is 4.74 Å². The van der Waals surface area contributed by atoms with Gasteiger partial charge in [0.05, 0.1) is 6.61 Å². The lowest BCUT2D eigenvalue weighted by molar-refractivity contribution is 0.0914. The number of nitrogens with one attached hydrogen (secondary N) is 2. The van der Waals surface area contributed by atoms with Crippen molar-refractivity contribution in [3.63, 3.8) is 0 Å². The van der Waals surface area contributed by atoms with Gasteiger partial charge in [0.1, 0.15) is 17.1 Å². The SMILES string of the molecule is CCOc1ccc(NC(=O)c2cccc(C(=O)NC(C)(C)C)n2)cc1. The maximum atomic E-state index is 12.3. The molecule has 2 aromatic rings. The molecule has 1 aromatic carbocycles. The fraction of sp³-hybridized carbons (Fsp3) is 0.316. The molecule has 0 radical (unpaired) electrons. The van der Waals surface area contributed by atoms with Crippen LogP contribution in [0.1, 0.15) is 48.7 Å². The Balaban J connectivity index is 2.09. The van der Waals surface area contributed by atoms with Crippen molar-refractivity contribution in [2.75, 3.05) is 11.9 Å². The van der Waals surface area contributed by atoms with Gasteiger partial charge < -0.3 is 15.4 Å². The van der Waals surface area contributed by atoms with Crippen LogP contribution in [0.2, 0.25) is 0 Å². The highest BCUT2D eigenvalue weighted by molar-refractivity contribution is 6.03. The summed E-state index contributed by atoms with van der Waals surface area (Å²) in [6.45, 7) is 8.14. The van der Waals surface area contributed by atoms with Crippen LogP contribution in [0.4, 0.5) is 5.69 Å². The average molecular weight is 341 g/mol. The molecule has 0 saturated carbocycles. The summed E-state index contributed by atoms with van der Waals surface area (Å²) >= 11 is 0. The molecule has 2 rings (SSSR count). The highest BCUT2D eigenvalue weighted by atomic mass is 16.5. The molecule has 0 fully saturated rings.